The van der Waals surface area contributed by atoms with Crippen molar-refractivity contribution >= 4 is 57.7 Å². The van der Waals surface area contributed by atoms with Crippen molar-refractivity contribution in [3.8, 4) is 0 Å². The number of amides is 2. The first-order chi connectivity index (χ1) is 18.0. The summed E-state index contributed by atoms with van der Waals surface area (Å²) in [5, 5.41) is 8.58. The highest BCUT2D eigenvalue weighted by Crippen LogP contribution is 2.40. The molecule has 0 aliphatic carbocycles. The predicted octanol–water partition coefficient (Wildman–Crippen LogP) is 6.44. The van der Waals surface area contributed by atoms with Crippen molar-refractivity contribution in [3.05, 3.63) is 113 Å². The number of fused-ring (bicyclic) bond motifs is 2. The summed E-state index contributed by atoms with van der Waals surface area (Å²) in [6.45, 7) is 0.329. The topological polar surface area (TPSA) is 95.5 Å². The van der Waals surface area contributed by atoms with E-state index in [4.69, 9.17) is 0 Å². The van der Waals surface area contributed by atoms with Crippen molar-refractivity contribution in [2.24, 2.45) is 0 Å². The molecular formula is C29H24N2O4PS+. The first-order valence-electron chi connectivity index (χ1n) is 11.8. The summed E-state index contributed by atoms with van der Waals surface area (Å²) in [5.41, 5.74) is 2.00. The minimum Gasteiger partial charge on any atom is -0.347 e. The molecule has 37 heavy (non-hydrogen) atoms. The highest BCUT2D eigenvalue weighted by Gasteiger charge is 2.35. The number of nitrogens with one attached hydrogen (secondary N) is 2. The van der Waals surface area contributed by atoms with Gasteiger partial charge in [0.25, 0.3) is 5.91 Å². The number of carbonyl (C=O) groups excluding carboxylic acids is 2. The monoisotopic (exact) mass is 527 g/mol. The van der Waals surface area contributed by atoms with Crippen LogP contribution in [0.1, 0.15) is 26.7 Å². The highest BCUT2D eigenvalue weighted by atomic mass is 32.1. The maximum absolute atomic E-state index is 13.6. The van der Waals surface area contributed by atoms with Gasteiger partial charge in [-0.1, -0.05) is 78.9 Å². The van der Waals surface area contributed by atoms with Crippen molar-refractivity contribution < 1.29 is 19.0 Å². The first kappa shape index (κ1) is 24.8. The number of anilines is 1. The molecule has 6 nitrogen and oxygen atoms in total. The molecule has 1 heterocycles. The van der Waals surface area contributed by atoms with Gasteiger partial charge < -0.3 is 10.6 Å². The quantitative estimate of drug-likeness (QED) is 0.202. The van der Waals surface area contributed by atoms with Crippen molar-refractivity contribution in [3.63, 3.8) is 0 Å². The molecule has 0 saturated heterocycles. The maximum atomic E-state index is 13.6. The van der Waals surface area contributed by atoms with Crippen LogP contribution in [0.25, 0.3) is 20.9 Å². The molecule has 3 N–H and O–H groups in total. The Kier molecular flexibility index (Phi) is 7.37. The zero-order valence-corrected chi connectivity index (χ0v) is 21.5. The fourth-order valence-corrected chi connectivity index (χ4v) is 6.24. The molecule has 5 rings (SSSR count). The zero-order valence-electron chi connectivity index (χ0n) is 19.8. The second kappa shape index (κ2) is 11.0. The average molecular weight is 528 g/mol. The number of carbonyl (C=O) groups is 2. The van der Waals surface area contributed by atoms with Gasteiger partial charge >= 0.3 is 8.03 Å². The Labute approximate surface area is 218 Å². The number of thiophene rings is 1. The molecule has 8 heteroatoms. The number of hydrogen-bond donors (Lipinski definition) is 3. The van der Waals surface area contributed by atoms with Gasteiger partial charge in [-0.2, -0.15) is 4.89 Å². The van der Waals surface area contributed by atoms with E-state index in [1.165, 1.54) is 11.3 Å². The summed E-state index contributed by atoms with van der Waals surface area (Å²) < 4.78 is 12.9. The smallest absolute Gasteiger partial charge is 0.347 e. The van der Waals surface area contributed by atoms with Crippen LogP contribution >= 0.6 is 19.4 Å². The normalized spacial score (nSPS) is 12.3. The van der Waals surface area contributed by atoms with E-state index in [9.17, 15) is 19.0 Å². The van der Waals surface area contributed by atoms with E-state index in [1.54, 1.807) is 6.07 Å². The lowest BCUT2D eigenvalue weighted by Crippen LogP contribution is -2.27. The molecule has 5 aromatic rings. The Balaban J connectivity index is 1.50. The summed E-state index contributed by atoms with van der Waals surface area (Å²) in [6.07, 6.45) is -0.297. The first-order valence-corrected chi connectivity index (χ1v) is 14.0. The van der Waals surface area contributed by atoms with Crippen LogP contribution in [0.15, 0.2) is 97.1 Å². The summed E-state index contributed by atoms with van der Waals surface area (Å²) in [6, 6.07) is 30.4. The van der Waals surface area contributed by atoms with Crippen LogP contribution in [0.3, 0.4) is 0 Å². The third-order valence-corrected chi connectivity index (χ3v) is 8.02. The van der Waals surface area contributed by atoms with Crippen LogP contribution in [0.5, 0.6) is 0 Å². The summed E-state index contributed by atoms with van der Waals surface area (Å²) in [4.78, 5) is 37.2. The molecule has 0 aliphatic rings. The SMILES string of the molecule is O=C(NCc1ccccc1)c1sc2ccccc2c1C(C[P+](=O)O)C(=O)Nc1ccc2ccccc2c1. The molecule has 1 aromatic heterocycles. The van der Waals surface area contributed by atoms with Crippen LogP contribution in [0.4, 0.5) is 5.69 Å². The Morgan fingerprint density at radius 3 is 2.35 bits per heavy atom. The Morgan fingerprint density at radius 1 is 0.865 bits per heavy atom. The van der Waals surface area contributed by atoms with Gasteiger partial charge in [0.05, 0.1) is 4.88 Å². The second-order valence-corrected chi connectivity index (χ2v) is 10.8. The van der Waals surface area contributed by atoms with E-state index in [1.807, 2.05) is 91.0 Å². The molecule has 2 atom stereocenters. The van der Waals surface area contributed by atoms with E-state index >= 15 is 0 Å². The van der Waals surface area contributed by atoms with Crippen molar-refractivity contribution in [1.29, 1.82) is 0 Å². The average Bonchev–Trinajstić information content (AvgIpc) is 3.30. The van der Waals surface area contributed by atoms with Crippen molar-refractivity contribution in [2.75, 3.05) is 11.5 Å². The fourth-order valence-electron chi connectivity index (χ4n) is 4.40. The van der Waals surface area contributed by atoms with Gasteiger partial charge in [-0.15, -0.1) is 11.3 Å². The Bertz CT molecular complexity index is 1620. The van der Waals surface area contributed by atoms with E-state index in [0.29, 0.717) is 22.7 Å². The molecule has 0 bridgehead atoms. The fraction of sp³-hybridized carbons (Fsp3) is 0.103. The van der Waals surface area contributed by atoms with Crippen LogP contribution in [0.2, 0.25) is 0 Å². The van der Waals surface area contributed by atoms with Gasteiger partial charge in [0.15, 0.2) is 6.16 Å². The zero-order chi connectivity index (χ0) is 25.8. The molecule has 2 unspecified atom stereocenters. The molecule has 0 radical (unpaired) electrons. The van der Waals surface area contributed by atoms with Crippen LogP contribution in [-0.4, -0.2) is 22.9 Å². The van der Waals surface area contributed by atoms with Crippen LogP contribution < -0.4 is 10.6 Å². The van der Waals surface area contributed by atoms with Gasteiger partial charge in [-0.05, 0) is 44.5 Å². The molecular weight excluding hydrogens is 503 g/mol. The molecule has 0 spiro atoms. The van der Waals surface area contributed by atoms with E-state index in [0.717, 1.165) is 26.4 Å². The highest BCUT2D eigenvalue weighted by molar-refractivity contribution is 7.38. The van der Waals surface area contributed by atoms with E-state index in [2.05, 4.69) is 10.6 Å². The molecule has 2 amide bonds. The lowest BCUT2D eigenvalue weighted by Gasteiger charge is -2.15. The summed E-state index contributed by atoms with van der Waals surface area (Å²) in [7, 11) is -2.65. The van der Waals surface area contributed by atoms with E-state index < -0.39 is 19.9 Å². The third kappa shape index (κ3) is 5.59. The maximum Gasteiger partial charge on any atom is 0.506 e. The standard InChI is InChI=1S/C29H23N2O4PS/c32-28(31-22-15-14-20-10-4-5-11-21(20)16-22)24(18-36(34)35)26-23-12-6-7-13-25(23)37-27(26)29(33)30-17-19-8-2-1-3-9-19/h1-16,24H,17-18H2,(H2-,30,31,32,33,34,35)/p+1. The van der Waals surface area contributed by atoms with Crippen LogP contribution in [0, 0.1) is 0 Å². The number of rotatable bonds is 8. The van der Waals surface area contributed by atoms with Gasteiger partial charge in [-0.3, -0.25) is 9.59 Å². The van der Waals surface area contributed by atoms with Gasteiger partial charge in [0.1, 0.15) is 5.92 Å². The lowest BCUT2D eigenvalue weighted by molar-refractivity contribution is -0.117. The van der Waals surface area contributed by atoms with Gasteiger partial charge in [0, 0.05) is 22.5 Å². The minimum atomic E-state index is -2.65. The Hall–Kier alpha value is -3.90. The lowest BCUT2D eigenvalue weighted by atomic mass is 9.96. The minimum absolute atomic E-state index is 0.297. The van der Waals surface area contributed by atoms with Crippen molar-refractivity contribution in [1.82, 2.24) is 5.32 Å². The Morgan fingerprint density at radius 2 is 1.57 bits per heavy atom. The molecule has 0 aliphatic heterocycles. The third-order valence-electron chi connectivity index (χ3n) is 6.16. The second-order valence-electron chi connectivity index (χ2n) is 8.65. The largest absolute Gasteiger partial charge is 0.506 e. The summed E-state index contributed by atoms with van der Waals surface area (Å²) in [5.74, 6) is -1.75. The molecule has 0 saturated carbocycles. The van der Waals surface area contributed by atoms with Gasteiger partial charge in [-0.25, -0.2) is 0 Å². The number of hydrogen-bond acceptors (Lipinski definition) is 4. The number of benzene rings is 4. The van der Waals surface area contributed by atoms with Crippen LogP contribution in [-0.2, 0) is 15.9 Å². The molecule has 4 aromatic carbocycles. The molecule has 184 valence electrons. The summed E-state index contributed by atoms with van der Waals surface area (Å²) >= 11 is 1.28. The predicted molar refractivity (Wildman–Crippen MR) is 149 cm³/mol. The van der Waals surface area contributed by atoms with E-state index in [-0.39, 0.29) is 12.1 Å². The molecule has 0 fully saturated rings. The van der Waals surface area contributed by atoms with Gasteiger partial charge in [0.2, 0.25) is 5.91 Å². The van der Waals surface area contributed by atoms with Crippen molar-refractivity contribution in [2.45, 2.75) is 12.5 Å².